The molecule has 0 fully saturated rings. The van der Waals surface area contributed by atoms with Gasteiger partial charge in [0.05, 0.1) is 0 Å². The van der Waals surface area contributed by atoms with Crippen LogP contribution in [0.5, 0.6) is 0 Å². The third-order valence-corrected chi connectivity index (χ3v) is 13.8. The summed E-state index contributed by atoms with van der Waals surface area (Å²) in [5.74, 6) is 0. The number of benzene rings is 10. The molecule has 10 aromatic rings. The molecule has 0 N–H and O–H groups in total. The molecule has 0 amide bonds. The van der Waals surface area contributed by atoms with Gasteiger partial charge < -0.3 is 0 Å². The van der Waals surface area contributed by atoms with Gasteiger partial charge in [0.1, 0.15) is 6.15 Å². The highest BCUT2D eigenvalue weighted by molar-refractivity contribution is 7.99. The maximum atomic E-state index is 2.26. The summed E-state index contributed by atoms with van der Waals surface area (Å²) in [4.78, 5) is 5.10. The van der Waals surface area contributed by atoms with Crippen molar-refractivity contribution in [2.24, 2.45) is 0 Å². The van der Waals surface area contributed by atoms with E-state index in [0.717, 1.165) is 0 Å². The second-order valence-electron chi connectivity index (χ2n) is 15.6. The molecule has 63 heavy (non-hydrogen) atoms. The number of hydrogen-bond acceptors (Lipinski definition) is 1. The first-order valence-corrected chi connectivity index (χ1v) is 23.2. The Morgan fingerprint density at radius 3 is 0.905 bits per heavy atom. The lowest BCUT2D eigenvalue weighted by Crippen LogP contribution is -2.74. The minimum Gasteiger partial charge on any atom is -0.195 e. The molecule has 0 radical (unpaired) electrons. The summed E-state index contributed by atoms with van der Waals surface area (Å²) in [5.41, 5.74) is 12.9. The average molecular weight is 843 g/mol. The minimum atomic E-state index is -1.22. The Morgan fingerprint density at radius 2 is 0.508 bits per heavy atom. The molecule has 0 nitrogen and oxygen atoms in total. The molecule has 0 heterocycles. The largest absolute Gasteiger partial charge is 0.195 e. The molecule has 0 saturated carbocycles. The summed E-state index contributed by atoms with van der Waals surface area (Å²) in [6.45, 7) is 0. The molecule has 0 spiro atoms. The van der Waals surface area contributed by atoms with Crippen LogP contribution in [0.1, 0.15) is 0 Å². The van der Waals surface area contributed by atoms with Crippen molar-refractivity contribution < 1.29 is 0 Å². The molecule has 0 aromatic heterocycles. The highest BCUT2D eigenvalue weighted by Crippen LogP contribution is 2.33. The van der Waals surface area contributed by atoms with E-state index in [1.54, 1.807) is 11.8 Å². The van der Waals surface area contributed by atoms with Crippen molar-refractivity contribution in [3.63, 3.8) is 0 Å². The lowest BCUT2D eigenvalue weighted by atomic mass is 9.13. The van der Waals surface area contributed by atoms with Crippen molar-refractivity contribution >= 4 is 51.5 Å². The van der Waals surface area contributed by atoms with E-state index in [4.69, 9.17) is 0 Å². The topological polar surface area (TPSA) is 0 Å². The van der Waals surface area contributed by atoms with Crippen LogP contribution in [0.4, 0.5) is 0 Å². The van der Waals surface area contributed by atoms with Crippen LogP contribution >= 0.6 is 11.8 Å². The molecule has 0 aliphatic heterocycles. The summed E-state index contributed by atoms with van der Waals surface area (Å²) in [7, 11) is 0. The van der Waals surface area contributed by atoms with Gasteiger partial charge in [-0.25, -0.2) is 0 Å². The van der Waals surface area contributed by atoms with E-state index in [9.17, 15) is 0 Å². The maximum Gasteiger partial charge on any atom is 0.158 e. The third-order valence-electron chi connectivity index (χ3n) is 11.7. The summed E-state index contributed by atoms with van der Waals surface area (Å²) in [5, 5.41) is 0. The van der Waals surface area contributed by atoms with Gasteiger partial charge in [0.15, 0.2) is 9.79 Å². The molecule has 0 saturated heterocycles. The average Bonchev–Trinajstić information content (AvgIpc) is 3.37. The maximum absolute atomic E-state index is 2.26. The van der Waals surface area contributed by atoms with Crippen LogP contribution in [0, 0.1) is 0 Å². The molecule has 3 heteroatoms. The van der Waals surface area contributed by atoms with Gasteiger partial charge in [0, 0.05) is 21.6 Å². The van der Waals surface area contributed by atoms with E-state index in [1.165, 1.54) is 86.6 Å². The highest BCUT2D eigenvalue weighted by Gasteiger charge is 2.31. The fourth-order valence-corrected chi connectivity index (χ4v) is 10.4. The summed E-state index contributed by atoms with van der Waals surface area (Å²) >= 11 is 3.02. The molecular formula is C60H47BS2. The molecule has 10 rings (SSSR count). The first-order chi connectivity index (χ1) is 31.2. The molecule has 0 atom stereocenters. The Bertz CT molecular complexity index is 2760. The van der Waals surface area contributed by atoms with Crippen molar-refractivity contribution in [3.05, 3.63) is 279 Å². The molecule has 10 aromatic carbocycles. The van der Waals surface area contributed by atoms with Crippen LogP contribution < -0.4 is 21.9 Å². The predicted octanol–water partition coefficient (Wildman–Crippen LogP) is 13.1. The number of hydrogen-bond donors (Lipinski definition) is 0. The Kier molecular flexibility index (Phi) is 13.3. The third kappa shape index (κ3) is 9.72. The molecule has 0 aliphatic rings. The Hall–Kier alpha value is -7.04. The van der Waals surface area contributed by atoms with Crippen molar-refractivity contribution in [3.8, 4) is 33.4 Å². The van der Waals surface area contributed by atoms with Crippen LogP contribution in [0.15, 0.2) is 299 Å². The van der Waals surface area contributed by atoms with Gasteiger partial charge in [0.2, 0.25) is 0 Å². The van der Waals surface area contributed by atoms with E-state index in [1.807, 2.05) is 0 Å². The van der Waals surface area contributed by atoms with Gasteiger partial charge in [0.25, 0.3) is 0 Å². The van der Waals surface area contributed by atoms with E-state index >= 15 is 0 Å². The van der Waals surface area contributed by atoms with E-state index in [2.05, 4.69) is 279 Å². The van der Waals surface area contributed by atoms with E-state index in [0.29, 0.717) is 0 Å². The molecule has 0 aliphatic carbocycles. The SMILES string of the molecule is c1ccc(-c2ccc(Sc3ccc([SH+]c4ccc(-c5ccccc5-c5ccccc5)cc4)cc3)cc2)cc1.c1ccc([B-](c2ccccc2)(c2ccccc2)c2ccccc2)cc1. The zero-order valence-electron chi connectivity index (χ0n) is 35.0. The standard InChI is InChI=1S/C36H26S2.C24H20B/c1-3-9-27(10-4-1)28-15-19-31(20-16-28)37-33-23-25-34(26-24-33)38-32-21-17-30(18-22-32)36-14-8-7-13-35(36)29-11-5-2-6-12-29;1-5-13-21(14-6-1)25(22-15-7-2-8-16-22,23-17-9-3-10-18-23)24-19-11-4-12-20-24/h1-26H;1-20H/q;-1/p+1. The summed E-state index contributed by atoms with van der Waals surface area (Å²) in [6, 6.07) is 100. The lowest BCUT2D eigenvalue weighted by molar-refractivity contribution is 1.33. The fourth-order valence-electron chi connectivity index (χ4n) is 8.66. The molecule has 0 unspecified atom stereocenters. The highest BCUT2D eigenvalue weighted by atomic mass is 32.2. The molecule has 0 bridgehead atoms. The Labute approximate surface area is 381 Å². The molecule has 302 valence electrons. The lowest BCUT2D eigenvalue weighted by Gasteiger charge is -2.44. The van der Waals surface area contributed by atoms with E-state index < -0.39 is 6.15 Å². The van der Waals surface area contributed by atoms with Gasteiger partial charge in [-0.3, -0.25) is 0 Å². The van der Waals surface area contributed by atoms with Crippen molar-refractivity contribution in [2.45, 2.75) is 19.6 Å². The van der Waals surface area contributed by atoms with Crippen LogP contribution in [-0.2, 0) is 11.8 Å². The first kappa shape index (κ1) is 41.3. The van der Waals surface area contributed by atoms with Crippen molar-refractivity contribution in [2.75, 3.05) is 0 Å². The zero-order valence-corrected chi connectivity index (χ0v) is 36.7. The number of thiol groups is 1. The van der Waals surface area contributed by atoms with Crippen LogP contribution in [-0.4, -0.2) is 6.15 Å². The first-order valence-electron chi connectivity index (χ1n) is 21.5. The van der Waals surface area contributed by atoms with Crippen molar-refractivity contribution in [1.29, 1.82) is 0 Å². The Morgan fingerprint density at radius 1 is 0.238 bits per heavy atom. The van der Waals surface area contributed by atoms with Crippen LogP contribution in [0.3, 0.4) is 0 Å². The van der Waals surface area contributed by atoms with E-state index in [-0.39, 0.29) is 0 Å². The van der Waals surface area contributed by atoms with Crippen molar-refractivity contribution in [1.82, 2.24) is 0 Å². The van der Waals surface area contributed by atoms with Gasteiger partial charge in [-0.2, -0.15) is 21.9 Å². The second-order valence-corrected chi connectivity index (χ2v) is 18.0. The zero-order chi connectivity index (χ0) is 42.5. The van der Waals surface area contributed by atoms with Gasteiger partial charge in [-0.15, -0.1) is 0 Å². The quantitative estimate of drug-likeness (QED) is 0.0710. The normalized spacial score (nSPS) is 11.0. The minimum absolute atomic E-state index is 1.22. The second kappa shape index (κ2) is 20.2. The van der Waals surface area contributed by atoms with Crippen LogP contribution in [0.25, 0.3) is 33.4 Å². The Balaban J connectivity index is 0.000000174. The molecular weight excluding hydrogens is 796 g/mol. The van der Waals surface area contributed by atoms with Gasteiger partial charge >= 0.3 is 0 Å². The smallest absolute Gasteiger partial charge is 0.158 e. The van der Waals surface area contributed by atoms with Crippen LogP contribution in [0.2, 0.25) is 0 Å². The summed E-state index contributed by atoms with van der Waals surface area (Å²) in [6.07, 6.45) is -1.22. The summed E-state index contributed by atoms with van der Waals surface area (Å²) < 4.78 is 0. The van der Waals surface area contributed by atoms with Gasteiger partial charge in [-0.05, 0) is 94.0 Å². The van der Waals surface area contributed by atoms with Gasteiger partial charge in [-0.1, -0.05) is 230 Å². The predicted molar refractivity (Wildman–Crippen MR) is 275 cm³/mol. The monoisotopic (exact) mass is 842 g/mol. The number of rotatable bonds is 11. The fraction of sp³-hybridized carbons (Fsp3) is 0.